The van der Waals surface area contributed by atoms with Gasteiger partial charge in [0.25, 0.3) is 5.91 Å². The van der Waals surface area contributed by atoms with E-state index in [0.717, 1.165) is 23.6 Å². The molecule has 0 bridgehead atoms. The van der Waals surface area contributed by atoms with Crippen molar-refractivity contribution in [2.45, 2.75) is 33.7 Å². The van der Waals surface area contributed by atoms with Crippen LogP contribution in [0, 0.1) is 6.92 Å². The third-order valence-corrected chi connectivity index (χ3v) is 3.88. The number of hydrogen-bond acceptors (Lipinski definition) is 5. The minimum absolute atomic E-state index is 0.0339. The summed E-state index contributed by atoms with van der Waals surface area (Å²) in [6.07, 6.45) is 0.729. The van der Waals surface area contributed by atoms with Crippen LogP contribution in [0.25, 0.3) is 0 Å². The average molecular weight is 308 g/mol. The van der Waals surface area contributed by atoms with E-state index < -0.39 is 5.97 Å². The Morgan fingerprint density at radius 1 is 1.43 bits per heavy atom. The normalized spacial score (nSPS) is 10.6. The Kier molecular flexibility index (Phi) is 4.37. The zero-order valence-electron chi connectivity index (χ0n) is 12.0. The van der Waals surface area contributed by atoms with Crippen molar-refractivity contribution in [2.24, 2.45) is 0 Å². The molecule has 0 saturated heterocycles. The molecule has 0 unspecified atom stereocenters. The van der Waals surface area contributed by atoms with Crippen LogP contribution in [0.1, 0.15) is 46.1 Å². The van der Waals surface area contributed by atoms with Crippen LogP contribution in [0.5, 0.6) is 0 Å². The molecule has 1 amide bonds. The summed E-state index contributed by atoms with van der Waals surface area (Å²) in [5.74, 6) is -1.48. The first-order chi connectivity index (χ1) is 9.97. The van der Waals surface area contributed by atoms with Crippen molar-refractivity contribution in [2.75, 3.05) is 5.32 Å². The molecular weight excluding hydrogens is 292 g/mol. The number of carboxylic acid groups (broad SMARTS) is 1. The molecule has 2 heterocycles. The van der Waals surface area contributed by atoms with Gasteiger partial charge in [-0.3, -0.25) is 9.48 Å². The molecule has 0 spiro atoms. The van der Waals surface area contributed by atoms with Gasteiger partial charge in [-0.25, -0.2) is 4.79 Å². The molecule has 2 aromatic heterocycles. The largest absolute Gasteiger partial charge is 0.478 e. The first-order valence-corrected chi connectivity index (χ1v) is 7.32. The van der Waals surface area contributed by atoms with E-state index in [1.807, 2.05) is 13.8 Å². The fourth-order valence-corrected chi connectivity index (χ4v) is 2.72. The van der Waals surface area contributed by atoms with Crippen LogP contribution in [0.15, 0.2) is 6.07 Å². The molecule has 7 nitrogen and oxygen atoms in total. The molecule has 8 heteroatoms. The maximum absolute atomic E-state index is 12.3. The zero-order chi connectivity index (χ0) is 15.6. The highest BCUT2D eigenvalue weighted by Gasteiger charge is 2.21. The van der Waals surface area contributed by atoms with Crippen molar-refractivity contribution in [1.82, 2.24) is 14.2 Å². The number of aromatic nitrogens is 3. The number of nitrogens with zero attached hydrogens (tertiary/aromatic N) is 3. The number of aromatic carboxylic acids is 1. The molecule has 0 aromatic carbocycles. The Morgan fingerprint density at radius 2 is 2.14 bits per heavy atom. The smallest absolute Gasteiger partial charge is 0.340 e. The van der Waals surface area contributed by atoms with Crippen molar-refractivity contribution < 1.29 is 14.7 Å². The molecule has 0 radical (unpaired) electrons. The van der Waals surface area contributed by atoms with Crippen LogP contribution in [0.4, 0.5) is 5.00 Å². The third-order valence-electron chi connectivity index (χ3n) is 3.03. The minimum atomic E-state index is -1.10. The number of rotatable bonds is 5. The fourth-order valence-electron chi connectivity index (χ4n) is 1.94. The van der Waals surface area contributed by atoms with E-state index in [1.165, 1.54) is 0 Å². The van der Waals surface area contributed by atoms with Gasteiger partial charge in [-0.1, -0.05) is 6.92 Å². The van der Waals surface area contributed by atoms with Gasteiger partial charge in [-0.2, -0.15) is 9.47 Å². The molecule has 2 N–H and O–H groups in total. The second-order valence-corrected chi connectivity index (χ2v) is 5.20. The maximum atomic E-state index is 12.3. The van der Waals surface area contributed by atoms with Gasteiger partial charge in [0, 0.05) is 6.54 Å². The first kappa shape index (κ1) is 15.2. The lowest BCUT2D eigenvalue weighted by Crippen LogP contribution is -2.18. The van der Waals surface area contributed by atoms with Gasteiger partial charge >= 0.3 is 5.97 Å². The van der Waals surface area contributed by atoms with Crippen LogP contribution < -0.4 is 5.32 Å². The summed E-state index contributed by atoms with van der Waals surface area (Å²) in [5, 5.41) is 16.3. The lowest BCUT2D eigenvalue weighted by atomic mass is 10.2. The van der Waals surface area contributed by atoms with Crippen molar-refractivity contribution >= 4 is 28.4 Å². The second-order valence-electron chi connectivity index (χ2n) is 4.42. The lowest BCUT2D eigenvalue weighted by Gasteiger charge is -2.05. The predicted octanol–water partition coefficient (Wildman–Crippen LogP) is 2.18. The van der Waals surface area contributed by atoms with Gasteiger partial charge in [-0.15, -0.1) is 0 Å². The van der Waals surface area contributed by atoms with Gasteiger partial charge in [0.1, 0.15) is 16.3 Å². The van der Waals surface area contributed by atoms with Crippen LogP contribution >= 0.6 is 11.5 Å². The van der Waals surface area contributed by atoms with E-state index in [-0.39, 0.29) is 16.5 Å². The maximum Gasteiger partial charge on any atom is 0.340 e. The molecule has 0 fully saturated rings. The SMILES string of the molecule is CCc1cc(C(=O)Nc2snc(C)c2C(=O)O)n(CC)n1. The molecule has 0 saturated carbocycles. The van der Waals surface area contributed by atoms with Gasteiger partial charge < -0.3 is 10.4 Å². The number of aryl methyl sites for hydroxylation is 3. The van der Waals surface area contributed by atoms with Crippen LogP contribution in [-0.4, -0.2) is 31.1 Å². The quantitative estimate of drug-likeness (QED) is 0.882. The summed E-state index contributed by atoms with van der Waals surface area (Å²) in [7, 11) is 0. The van der Waals surface area contributed by atoms with Crippen molar-refractivity contribution in [1.29, 1.82) is 0 Å². The Balaban J connectivity index is 2.30. The Bertz CT molecular complexity index is 690. The van der Waals surface area contributed by atoms with E-state index in [1.54, 1.807) is 17.7 Å². The van der Waals surface area contributed by atoms with Gasteiger partial charge in [0.05, 0.1) is 11.4 Å². The number of carbonyl (C=O) groups is 2. The van der Waals surface area contributed by atoms with Crippen molar-refractivity contribution in [3.05, 3.63) is 28.7 Å². The highest BCUT2D eigenvalue weighted by atomic mass is 32.1. The van der Waals surface area contributed by atoms with Gasteiger partial charge in [-0.05, 0) is 37.9 Å². The van der Waals surface area contributed by atoms with Crippen LogP contribution in [0.2, 0.25) is 0 Å². The van der Waals surface area contributed by atoms with Crippen molar-refractivity contribution in [3.8, 4) is 0 Å². The van der Waals surface area contributed by atoms with Crippen molar-refractivity contribution in [3.63, 3.8) is 0 Å². The molecule has 2 aromatic rings. The zero-order valence-corrected chi connectivity index (χ0v) is 12.8. The van der Waals surface area contributed by atoms with Gasteiger partial charge in [0.15, 0.2) is 0 Å². The molecule has 112 valence electrons. The monoisotopic (exact) mass is 308 g/mol. The minimum Gasteiger partial charge on any atom is -0.478 e. The summed E-state index contributed by atoms with van der Waals surface area (Å²) in [6.45, 7) is 6.01. The highest BCUT2D eigenvalue weighted by Crippen LogP contribution is 2.25. The molecule has 0 aliphatic heterocycles. The van der Waals surface area contributed by atoms with E-state index >= 15 is 0 Å². The number of hydrogen-bond donors (Lipinski definition) is 2. The summed E-state index contributed by atoms with van der Waals surface area (Å²) < 4.78 is 5.57. The molecule has 2 rings (SSSR count). The Labute approximate surface area is 125 Å². The van der Waals surface area contributed by atoms with E-state index in [2.05, 4.69) is 14.8 Å². The van der Waals surface area contributed by atoms with Gasteiger partial charge in [0.2, 0.25) is 0 Å². The standard InChI is InChI=1S/C13H16N4O3S/c1-4-8-6-9(17(5-2)15-8)11(18)14-12-10(13(19)20)7(3)16-21-12/h6H,4-5H2,1-3H3,(H,14,18)(H,19,20). The van der Waals surface area contributed by atoms with Crippen LogP contribution in [-0.2, 0) is 13.0 Å². The molecular formula is C13H16N4O3S. The molecule has 0 atom stereocenters. The first-order valence-electron chi connectivity index (χ1n) is 6.55. The van der Waals surface area contributed by atoms with E-state index in [0.29, 0.717) is 17.9 Å². The average Bonchev–Trinajstić information content (AvgIpc) is 3.02. The predicted molar refractivity (Wildman–Crippen MR) is 79.0 cm³/mol. The summed E-state index contributed by atoms with van der Waals surface area (Å²) in [6, 6.07) is 1.72. The third kappa shape index (κ3) is 2.94. The highest BCUT2D eigenvalue weighted by molar-refractivity contribution is 7.11. The second kappa shape index (κ2) is 6.04. The molecule has 0 aliphatic rings. The number of carboxylic acids is 1. The number of carbonyl (C=O) groups excluding carboxylic acids is 1. The van der Waals surface area contributed by atoms with E-state index in [9.17, 15) is 9.59 Å². The number of amides is 1. The fraction of sp³-hybridized carbons (Fsp3) is 0.385. The summed E-state index contributed by atoms with van der Waals surface area (Å²) in [4.78, 5) is 23.5. The van der Waals surface area contributed by atoms with Crippen LogP contribution in [0.3, 0.4) is 0 Å². The topological polar surface area (TPSA) is 97.1 Å². The summed E-state index contributed by atoms with van der Waals surface area (Å²) >= 11 is 0.961. The summed E-state index contributed by atoms with van der Waals surface area (Å²) in [5.41, 5.74) is 1.66. The molecule has 21 heavy (non-hydrogen) atoms. The number of nitrogens with one attached hydrogen (secondary N) is 1. The molecule has 0 aliphatic carbocycles. The van der Waals surface area contributed by atoms with E-state index in [4.69, 9.17) is 5.11 Å². The Hall–Kier alpha value is -2.22. The number of anilines is 1. The Morgan fingerprint density at radius 3 is 2.71 bits per heavy atom. The lowest BCUT2D eigenvalue weighted by molar-refractivity contribution is 0.0697.